The smallest absolute Gasteiger partial charge is 0.124 e. The third kappa shape index (κ3) is 2.42. The zero-order chi connectivity index (χ0) is 9.84. The van der Waals surface area contributed by atoms with Gasteiger partial charge >= 0.3 is 0 Å². The lowest BCUT2D eigenvalue weighted by Crippen LogP contribution is -2.02. The molecule has 0 spiro atoms. The lowest BCUT2D eigenvalue weighted by Gasteiger charge is -2.12. The van der Waals surface area contributed by atoms with Gasteiger partial charge in [-0.05, 0) is 18.2 Å². The van der Waals surface area contributed by atoms with Crippen molar-refractivity contribution in [2.75, 3.05) is 12.4 Å². The summed E-state index contributed by atoms with van der Waals surface area (Å²) in [6.07, 6.45) is -0.745. The number of methoxy groups -OCH3 is 1. The van der Waals surface area contributed by atoms with E-state index in [0.29, 0.717) is 16.6 Å². The number of hydrogen-bond acceptors (Lipinski definition) is 2. The highest BCUT2D eigenvalue weighted by Crippen LogP contribution is 2.26. The second-order valence-electron chi connectivity index (χ2n) is 2.56. The van der Waals surface area contributed by atoms with Crippen LogP contribution in [0.25, 0.3) is 0 Å². The third-order valence-corrected chi connectivity index (χ3v) is 2.31. The Morgan fingerprint density at radius 1 is 1.62 bits per heavy atom. The standard InChI is InChI=1S/C9H10BrFO2/c1-13-9-3-2-6(11)4-7(9)8(12)5-10/h2-4,8,12H,5H2,1H3/t8-/m0/s1. The average molecular weight is 249 g/mol. The molecule has 0 amide bonds. The van der Waals surface area contributed by atoms with Crippen molar-refractivity contribution in [3.05, 3.63) is 29.6 Å². The Bertz CT molecular complexity index is 291. The topological polar surface area (TPSA) is 29.5 Å². The van der Waals surface area contributed by atoms with E-state index in [1.165, 1.54) is 25.3 Å². The van der Waals surface area contributed by atoms with E-state index < -0.39 is 6.10 Å². The van der Waals surface area contributed by atoms with Crippen molar-refractivity contribution in [2.24, 2.45) is 0 Å². The number of alkyl halides is 1. The monoisotopic (exact) mass is 248 g/mol. The summed E-state index contributed by atoms with van der Waals surface area (Å²) in [5.41, 5.74) is 0.458. The van der Waals surface area contributed by atoms with E-state index in [1.807, 2.05) is 0 Å². The van der Waals surface area contributed by atoms with E-state index in [2.05, 4.69) is 15.9 Å². The minimum atomic E-state index is -0.745. The molecule has 1 aromatic carbocycles. The summed E-state index contributed by atoms with van der Waals surface area (Å²) < 4.78 is 17.8. The Morgan fingerprint density at radius 2 is 2.31 bits per heavy atom. The number of hydrogen-bond donors (Lipinski definition) is 1. The molecule has 0 heterocycles. The van der Waals surface area contributed by atoms with Gasteiger partial charge in [-0.25, -0.2) is 4.39 Å². The van der Waals surface area contributed by atoms with Gasteiger partial charge in [0.2, 0.25) is 0 Å². The molecule has 1 rings (SSSR count). The first-order valence-electron chi connectivity index (χ1n) is 3.76. The Hall–Kier alpha value is -0.610. The Kier molecular flexibility index (Phi) is 3.69. The first-order valence-corrected chi connectivity index (χ1v) is 4.88. The fourth-order valence-electron chi connectivity index (χ4n) is 1.05. The van der Waals surface area contributed by atoms with Crippen LogP contribution >= 0.6 is 15.9 Å². The fourth-order valence-corrected chi connectivity index (χ4v) is 1.40. The minimum absolute atomic E-state index is 0.354. The van der Waals surface area contributed by atoms with Gasteiger partial charge in [-0.1, -0.05) is 15.9 Å². The molecule has 0 bridgehead atoms. The van der Waals surface area contributed by atoms with E-state index in [0.717, 1.165) is 0 Å². The van der Waals surface area contributed by atoms with Gasteiger partial charge in [-0.2, -0.15) is 0 Å². The van der Waals surface area contributed by atoms with Gasteiger partial charge in [0.05, 0.1) is 13.2 Å². The van der Waals surface area contributed by atoms with Crippen molar-refractivity contribution in [1.29, 1.82) is 0 Å². The summed E-state index contributed by atoms with van der Waals surface area (Å²) in [5.74, 6) is 0.115. The number of aliphatic hydroxyl groups excluding tert-OH is 1. The van der Waals surface area contributed by atoms with Crippen molar-refractivity contribution in [1.82, 2.24) is 0 Å². The maximum atomic E-state index is 12.8. The minimum Gasteiger partial charge on any atom is -0.496 e. The predicted octanol–water partition coefficient (Wildman–Crippen LogP) is 2.26. The number of aliphatic hydroxyl groups is 1. The average Bonchev–Trinajstić information content (AvgIpc) is 2.16. The van der Waals surface area contributed by atoms with Crippen LogP contribution in [-0.4, -0.2) is 17.5 Å². The second-order valence-corrected chi connectivity index (χ2v) is 3.20. The summed E-state index contributed by atoms with van der Waals surface area (Å²) in [4.78, 5) is 0. The summed E-state index contributed by atoms with van der Waals surface area (Å²) in [5, 5.41) is 9.83. The van der Waals surface area contributed by atoms with Crippen molar-refractivity contribution < 1.29 is 14.2 Å². The summed E-state index contributed by atoms with van der Waals surface area (Å²) in [6, 6.07) is 4.06. The van der Waals surface area contributed by atoms with E-state index in [4.69, 9.17) is 4.74 Å². The molecular weight excluding hydrogens is 239 g/mol. The summed E-state index contributed by atoms with van der Waals surface area (Å²) in [6.45, 7) is 0. The molecule has 4 heteroatoms. The normalized spacial score (nSPS) is 12.6. The van der Waals surface area contributed by atoms with Crippen molar-refractivity contribution in [3.8, 4) is 5.75 Å². The maximum Gasteiger partial charge on any atom is 0.124 e. The number of halogens is 2. The van der Waals surface area contributed by atoms with Gasteiger partial charge in [0.25, 0.3) is 0 Å². The van der Waals surface area contributed by atoms with Crippen LogP contribution in [0, 0.1) is 5.82 Å². The lowest BCUT2D eigenvalue weighted by molar-refractivity contribution is 0.199. The molecule has 0 aliphatic rings. The van der Waals surface area contributed by atoms with Gasteiger partial charge < -0.3 is 9.84 Å². The van der Waals surface area contributed by atoms with E-state index in [-0.39, 0.29) is 5.82 Å². The molecule has 0 saturated heterocycles. The second kappa shape index (κ2) is 4.58. The van der Waals surface area contributed by atoms with Crippen LogP contribution in [-0.2, 0) is 0 Å². The quantitative estimate of drug-likeness (QED) is 0.832. The lowest BCUT2D eigenvalue weighted by atomic mass is 10.1. The van der Waals surface area contributed by atoms with E-state index in [9.17, 15) is 9.50 Å². The molecule has 0 aliphatic heterocycles. The van der Waals surface area contributed by atoms with Gasteiger partial charge in [-0.15, -0.1) is 0 Å². The summed E-state index contributed by atoms with van der Waals surface area (Å²) in [7, 11) is 1.48. The van der Waals surface area contributed by atoms with E-state index >= 15 is 0 Å². The van der Waals surface area contributed by atoms with Gasteiger partial charge in [0.15, 0.2) is 0 Å². The maximum absolute atomic E-state index is 12.8. The molecule has 1 N–H and O–H groups in total. The van der Waals surface area contributed by atoms with Crippen molar-refractivity contribution in [2.45, 2.75) is 6.10 Å². The Labute approximate surface area is 84.5 Å². The van der Waals surface area contributed by atoms with Gasteiger partial charge in [0, 0.05) is 10.9 Å². The molecule has 2 nitrogen and oxygen atoms in total. The molecule has 0 aliphatic carbocycles. The van der Waals surface area contributed by atoms with Crippen LogP contribution < -0.4 is 4.74 Å². The molecule has 13 heavy (non-hydrogen) atoms. The number of rotatable bonds is 3. The van der Waals surface area contributed by atoms with Crippen molar-refractivity contribution >= 4 is 15.9 Å². The van der Waals surface area contributed by atoms with Crippen LogP contribution in [0.2, 0.25) is 0 Å². The fraction of sp³-hybridized carbons (Fsp3) is 0.333. The molecule has 1 atom stereocenters. The molecular formula is C9H10BrFO2. The highest BCUT2D eigenvalue weighted by Gasteiger charge is 2.12. The highest BCUT2D eigenvalue weighted by molar-refractivity contribution is 9.09. The molecule has 0 radical (unpaired) electrons. The molecule has 0 aromatic heterocycles. The molecule has 0 saturated carbocycles. The van der Waals surface area contributed by atoms with Crippen LogP contribution in [0.3, 0.4) is 0 Å². The number of benzene rings is 1. The molecule has 72 valence electrons. The molecule has 0 fully saturated rings. The zero-order valence-corrected chi connectivity index (χ0v) is 8.71. The predicted molar refractivity (Wildman–Crippen MR) is 51.7 cm³/mol. The van der Waals surface area contributed by atoms with Gasteiger partial charge in [-0.3, -0.25) is 0 Å². The van der Waals surface area contributed by atoms with Crippen LogP contribution in [0.5, 0.6) is 5.75 Å². The first kappa shape index (κ1) is 10.5. The molecule has 1 aromatic rings. The zero-order valence-electron chi connectivity index (χ0n) is 7.13. The van der Waals surface area contributed by atoms with Crippen LogP contribution in [0.15, 0.2) is 18.2 Å². The molecule has 0 unspecified atom stereocenters. The van der Waals surface area contributed by atoms with E-state index in [1.54, 1.807) is 0 Å². The van der Waals surface area contributed by atoms with Crippen LogP contribution in [0.4, 0.5) is 4.39 Å². The third-order valence-electron chi connectivity index (χ3n) is 1.70. The Balaban J connectivity index is 3.07. The SMILES string of the molecule is COc1ccc(F)cc1[C@@H](O)CBr. The first-order chi connectivity index (χ1) is 6.19. The largest absolute Gasteiger partial charge is 0.496 e. The highest BCUT2D eigenvalue weighted by atomic mass is 79.9. The number of ether oxygens (including phenoxy) is 1. The Morgan fingerprint density at radius 3 is 2.85 bits per heavy atom. The van der Waals surface area contributed by atoms with Crippen LogP contribution in [0.1, 0.15) is 11.7 Å². The van der Waals surface area contributed by atoms with Gasteiger partial charge in [0.1, 0.15) is 11.6 Å². The van der Waals surface area contributed by atoms with Crippen molar-refractivity contribution in [3.63, 3.8) is 0 Å². The summed E-state index contributed by atoms with van der Waals surface area (Å²) >= 11 is 3.11.